The van der Waals surface area contributed by atoms with Gasteiger partial charge < -0.3 is 15.4 Å². The van der Waals surface area contributed by atoms with Gasteiger partial charge in [-0.25, -0.2) is 4.98 Å². The standard InChI is InChI=1S/C25H28N4O3S/c1-18(29-14-5-8-20(16-29)24(31)28-25-26-13-15-33-25)23(30)27-21-9-11-22(12-10-21)32-17-19-6-3-2-4-7-19/h2-4,6-7,9-13,15,18,20H,5,8,14,16-17H2,1H3,(H,27,30)(H,26,28,31)/t18-,20-/m0/s1. The molecule has 0 spiro atoms. The number of hydrogen-bond donors (Lipinski definition) is 2. The van der Waals surface area contributed by atoms with Gasteiger partial charge in [0.15, 0.2) is 5.13 Å². The molecular formula is C25H28N4O3S. The van der Waals surface area contributed by atoms with Gasteiger partial charge in [-0.1, -0.05) is 30.3 Å². The molecule has 33 heavy (non-hydrogen) atoms. The van der Waals surface area contributed by atoms with Crippen molar-refractivity contribution in [1.82, 2.24) is 9.88 Å². The maximum atomic E-state index is 12.8. The minimum absolute atomic E-state index is 0.0339. The molecule has 2 aromatic carbocycles. The molecule has 8 heteroatoms. The van der Waals surface area contributed by atoms with E-state index in [1.54, 1.807) is 6.20 Å². The number of carbonyl (C=O) groups excluding carboxylic acids is 2. The van der Waals surface area contributed by atoms with Gasteiger partial charge in [0.2, 0.25) is 11.8 Å². The first kappa shape index (κ1) is 22.9. The van der Waals surface area contributed by atoms with E-state index >= 15 is 0 Å². The van der Waals surface area contributed by atoms with E-state index in [2.05, 4.69) is 20.5 Å². The SMILES string of the molecule is C[C@@H](C(=O)Nc1ccc(OCc2ccccc2)cc1)N1CCC[C@H](C(=O)Nc2nccs2)C1. The molecule has 2 N–H and O–H groups in total. The number of nitrogens with zero attached hydrogens (tertiary/aromatic N) is 2. The molecule has 0 unspecified atom stereocenters. The molecule has 1 aromatic heterocycles. The average Bonchev–Trinajstić information content (AvgIpc) is 3.37. The lowest BCUT2D eigenvalue weighted by Crippen LogP contribution is -2.49. The first-order chi connectivity index (χ1) is 16.1. The second-order valence-electron chi connectivity index (χ2n) is 8.12. The maximum Gasteiger partial charge on any atom is 0.241 e. The van der Waals surface area contributed by atoms with Crippen LogP contribution in [-0.2, 0) is 16.2 Å². The number of amides is 2. The second kappa shape index (κ2) is 11.1. The van der Waals surface area contributed by atoms with E-state index in [4.69, 9.17) is 4.74 Å². The third-order valence-corrected chi connectivity index (χ3v) is 6.47. The molecule has 0 bridgehead atoms. The first-order valence-electron chi connectivity index (χ1n) is 11.1. The van der Waals surface area contributed by atoms with Gasteiger partial charge >= 0.3 is 0 Å². The molecule has 1 aliphatic heterocycles. The number of likely N-dealkylation sites (tertiary alicyclic amines) is 1. The largest absolute Gasteiger partial charge is 0.489 e. The van der Waals surface area contributed by atoms with E-state index < -0.39 is 0 Å². The van der Waals surface area contributed by atoms with Crippen molar-refractivity contribution in [3.05, 3.63) is 71.7 Å². The molecule has 3 aromatic rings. The van der Waals surface area contributed by atoms with Crippen LogP contribution in [0.4, 0.5) is 10.8 Å². The van der Waals surface area contributed by atoms with Crippen LogP contribution in [0.5, 0.6) is 5.75 Å². The highest BCUT2D eigenvalue weighted by molar-refractivity contribution is 7.13. The highest BCUT2D eigenvalue weighted by atomic mass is 32.1. The Morgan fingerprint density at radius 2 is 1.94 bits per heavy atom. The van der Waals surface area contributed by atoms with E-state index in [1.165, 1.54) is 11.3 Å². The fraction of sp³-hybridized carbons (Fsp3) is 0.320. The molecular weight excluding hydrogens is 436 g/mol. The number of ether oxygens (including phenoxy) is 1. The molecule has 4 rings (SSSR count). The molecule has 2 atom stereocenters. The summed E-state index contributed by atoms with van der Waals surface area (Å²) in [6, 6.07) is 17.0. The Labute approximate surface area is 197 Å². The Balaban J connectivity index is 1.27. The van der Waals surface area contributed by atoms with Crippen LogP contribution in [0.1, 0.15) is 25.3 Å². The van der Waals surface area contributed by atoms with Gasteiger partial charge in [-0.05, 0) is 56.1 Å². The number of aromatic nitrogens is 1. The normalized spacial score (nSPS) is 17.2. The van der Waals surface area contributed by atoms with Gasteiger partial charge in [0, 0.05) is 23.8 Å². The van der Waals surface area contributed by atoms with Gasteiger partial charge in [-0.15, -0.1) is 11.3 Å². The highest BCUT2D eigenvalue weighted by Gasteiger charge is 2.31. The fourth-order valence-corrected chi connectivity index (χ4v) is 4.38. The Morgan fingerprint density at radius 1 is 1.15 bits per heavy atom. The number of piperidine rings is 1. The summed E-state index contributed by atoms with van der Waals surface area (Å²) in [6.45, 7) is 3.73. The molecule has 2 heterocycles. The third kappa shape index (κ3) is 6.40. The summed E-state index contributed by atoms with van der Waals surface area (Å²) < 4.78 is 5.80. The lowest BCUT2D eigenvalue weighted by molar-refractivity contribution is -0.125. The van der Waals surface area contributed by atoms with Crippen molar-refractivity contribution < 1.29 is 14.3 Å². The molecule has 7 nitrogen and oxygen atoms in total. The number of benzene rings is 2. The topological polar surface area (TPSA) is 83.6 Å². The van der Waals surface area contributed by atoms with E-state index in [0.29, 0.717) is 24.0 Å². The quantitative estimate of drug-likeness (QED) is 0.516. The van der Waals surface area contributed by atoms with Crippen LogP contribution in [-0.4, -0.2) is 40.8 Å². The highest BCUT2D eigenvalue weighted by Crippen LogP contribution is 2.22. The number of rotatable bonds is 8. The zero-order chi connectivity index (χ0) is 23.0. The molecule has 1 fully saturated rings. The number of carbonyl (C=O) groups is 2. The Bertz CT molecular complexity index is 1040. The minimum Gasteiger partial charge on any atom is -0.489 e. The summed E-state index contributed by atoms with van der Waals surface area (Å²) in [4.78, 5) is 31.6. The van der Waals surface area contributed by atoms with Crippen LogP contribution in [0.2, 0.25) is 0 Å². The van der Waals surface area contributed by atoms with E-state index in [1.807, 2.05) is 66.9 Å². The van der Waals surface area contributed by atoms with Crippen LogP contribution in [0.3, 0.4) is 0 Å². The summed E-state index contributed by atoms with van der Waals surface area (Å²) in [6.07, 6.45) is 3.36. The number of anilines is 2. The van der Waals surface area contributed by atoms with E-state index in [-0.39, 0.29) is 23.8 Å². The zero-order valence-electron chi connectivity index (χ0n) is 18.6. The summed E-state index contributed by atoms with van der Waals surface area (Å²) in [7, 11) is 0. The van der Waals surface area contributed by atoms with Crippen LogP contribution in [0.25, 0.3) is 0 Å². The van der Waals surface area contributed by atoms with Gasteiger partial charge in [0.05, 0.1) is 12.0 Å². The molecule has 0 radical (unpaired) electrons. The lowest BCUT2D eigenvalue weighted by Gasteiger charge is -2.35. The predicted molar refractivity (Wildman–Crippen MR) is 130 cm³/mol. The van der Waals surface area contributed by atoms with Crippen molar-refractivity contribution in [3.8, 4) is 5.75 Å². The molecule has 1 saturated heterocycles. The average molecular weight is 465 g/mol. The maximum absolute atomic E-state index is 12.8. The number of hydrogen-bond acceptors (Lipinski definition) is 6. The Morgan fingerprint density at radius 3 is 2.67 bits per heavy atom. The van der Waals surface area contributed by atoms with Crippen LogP contribution >= 0.6 is 11.3 Å². The van der Waals surface area contributed by atoms with Crippen molar-refractivity contribution in [3.63, 3.8) is 0 Å². The Hall–Kier alpha value is -3.23. The third-order valence-electron chi connectivity index (χ3n) is 5.78. The lowest BCUT2D eigenvalue weighted by atomic mass is 9.96. The number of nitrogens with one attached hydrogen (secondary N) is 2. The van der Waals surface area contributed by atoms with Gasteiger partial charge in [-0.2, -0.15) is 0 Å². The van der Waals surface area contributed by atoms with Crippen molar-refractivity contribution in [2.24, 2.45) is 5.92 Å². The van der Waals surface area contributed by atoms with Crippen LogP contribution in [0, 0.1) is 5.92 Å². The molecule has 172 valence electrons. The second-order valence-corrected chi connectivity index (χ2v) is 9.02. The van der Waals surface area contributed by atoms with Crippen molar-refractivity contribution in [2.45, 2.75) is 32.4 Å². The van der Waals surface area contributed by atoms with Crippen LogP contribution < -0.4 is 15.4 Å². The zero-order valence-corrected chi connectivity index (χ0v) is 19.4. The fourth-order valence-electron chi connectivity index (χ4n) is 3.85. The first-order valence-corrected chi connectivity index (χ1v) is 12.0. The van der Waals surface area contributed by atoms with E-state index in [0.717, 1.165) is 30.7 Å². The summed E-state index contributed by atoms with van der Waals surface area (Å²) in [5.74, 6) is 0.469. The molecule has 1 aliphatic rings. The van der Waals surface area contributed by atoms with Crippen molar-refractivity contribution in [2.75, 3.05) is 23.7 Å². The monoisotopic (exact) mass is 464 g/mol. The van der Waals surface area contributed by atoms with Gasteiger partial charge in [0.25, 0.3) is 0 Å². The van der Waals surface area contributed by atoms with Gasteiger partial charge in [0.1, 0.15) is 12.4 Å². The van der Waals surface area contributed by atoms with Crippen molar-refractivity contribution >= 4 is 34.0 Å². The van der Waals surface area contributed by atoms with Gasteiger partial charge in [-0.3, -0.25) is 14.5 Å². The number of thiazole rings is 1. The summed E-state index contributed by atoms with van der Waals surface area (Å²) in [5, 5.41) is 8.29. The molecule has 0 aliphatic carbocycles. The van der Waals surface area contributed by atoms with E-state index in [9.17, 15) is 9.59 Å². The molecule has 2 amide bonds. The van der Waals surface area contributed by atoms with Crippen molar-refractivity contribution in [1.29, 1.82) is 0 Å². The summed E-state index contributed by atoms with van der Waals surface area (Å²) in [5.41, 5.74) is 1.82. The van der Waals surface area contributed by atoms with Crippen LogP contribution in [0.15, 0.2) is 66.2 Å². The predicted octanol–water partition coefficient (Wildman–Crippen LogP) is 4.40. The molecule has 0 saturated carbocycles. The summed E-state index contributed by atoms with van der Waals surface area (Å²) >= 11 is 1.40. The Kier molecular flexibility index (Phi) is 7.70. The smallest absolute Gasteiger partial charge is 0.241 e. The minimum atomic E-state index is -0.338.